The molecule has 0 aromatic heterocycles. The average molecular weight is 409 g/mol. The van der Waals surface area contributed by atoms with Gasteiger partial charge >= 0.3 is 0 Å². The van der Waals surface area contributed by atoms with Crippen LogP contribution >= 0.6 is 0 Å². The van der Waals surface area contributed by atoms with Crippen molar-refractivity contribution in [2.45, 2.75) is 30.6 Å². The summed E-state index contributed by atoms with van der Waals surface area (Å²) >= 11 is 0. The van der Waals surface area contributed by atoms with Crippen molar-refractivity contribution in [1.29, 1.82) is 0 Å². The molecule has 29 heavy (non-hydrogen) atoms. The summed E-state index contributed by atoms with van der Waals surface area (Å²) < 4.78 is 25.6. The first-order valence-electron chi connectivity index (χ1n) is 9.87. The highest BCUT2D eigenvalue weighted by Crippen LogP contribution is 2.22. The summed E-state index contributed by atoms with van der Waals surface area (Å²) in [6.45, 7) is 2.36. The number of benzene rings is 3. The van der Waals surface area contributed by atoms with Crippen molar-refractivity contribution in [3.63, 3.8) is 0 Å². The predicted molar refractivity (Wildman–Crippen MR) is 120 cm³/mol. The lowest BCUT2D eigenvalue weighted by molar-refractivity contribution is 0.590. The molecule has 0 amide bonds. The molecule has 1 atom stereocenters. The molecule has 0 aliphatic heterocycles. The van der Waals surface area contributed by atoms with E-state index in [0.717, 1.165) is 29.7 Å². The number of anilines is 1. The normalized spacial score (nSPS) is 12.5. The Balaban J connectivity index is 1.62. The van der Waals surface area contributed by atoms with Crippen LogP contribution in [0.15, 0.2) is 83.8 Å². The summed E-state index contributed by atoms with van der Waals surface area (Å²) in [5, 5.41) is 3.11. The number of nitrogens with two attached hydrogens (primary N) is 1. The van der Waals surface area contributed by atoms with Crippen molar-refractivity contribution in [2.75, 3.05) is 17.7 Å². The predicted octanol–water partition coefficient (Wildman–Crippen LogP) is 4.38. The molecule has 0 radical (unpaired) electrons. The van der Waals surface area contributed by atoms with Crippen molar-refractivity contribution in [3.8, 4) is 0 Å². The smallest absolute Gasteiger partial charge is 0.178 e. The van der Waals surface area contributed by atoms with Crippen LogP contribution in [0.25, 0.3) is 0 Å². The minimum absolute atomic E-state index is 0.0460. The zero-order valence-corrected chi connectivity index (χ0v) is 17.5. The van der Waals surface area contributed by atoms with Gasteiger partial charge in [-0.3, -0.25) is 0 Å². The van der Waals surface area contributed by atoms with E-state index in [1.54, 1.807) is 12.1 Å². The van der Waals surface area contributed by atoms with Gasteiger partial charge in [0.25, 0.3) is 0 Å². The van der Waals surface area contributed by atoms with Crippen LogP contribution in [-0.2, 0) is 22.7 Å². The topological polar surface area (TPSA) is 72.2 Å². The first-order valence-corrected chi connectivity index (χ1v) is 11.5. The van der Waals surface area contributed by atoms with Gasteiger partial charge in [-0.1, -0.05) is 61.5 Å². The second-order valence-electron chi connectivity index (χ2n) is 7.32. The molecule has 3 aromatic rings. The third kappa shape index (κ3) is 5.92. The monoisotopic (exact) mass is 408 g/mol. The largest absolute Gasteiger partial charge is 0.373 e. The maximum absolute atomic E-state index is 12.8. The molecule has 0 aliphatic carbocycles. The molecular weight excluding hydrogens is 380 g/mol. The molecule has 0 heterocycles. The molecular formula is C24H28N2O2S. The Hall–Kier alpha value is -2.63. The van der Waals surface area contributed by atoms with E-state index in [2.05, 4.69) is 17.4 Å². The van der Waals surface area contributed by atoms with Crippen molar-refractivity contribution >= 4 is 15.5 Å². The van der Waals surface area contributed by atoms with Crippen LogP contribution in [0.4, 0.5) is 5.69 Å². The van der Waals surface area contributed by atoms with Gasteiger partial charge in [0.2, 0.25) is 0 Å². The van der Waals surface area contributed by atoms with Gasteiger partial charge in [0.15, 0.2) is 9.84 Å². The summed E-state index contributed by atoms with van der Waals surface area (Å²) in [5.41, 5.74) is 9.92. The van der Waals surface area contributed by atoms with Crippen LogP contribution in [-0.4, -0.2) is 20.8 Å². The van der Waals surface area contributed by atoms with Gasteiger partial charge in [-0.2, -0.15) is 0 Å². The molecule has 0 spiro atoms. The highest BCUT2D eigenvalue weighted by Gasteiger charge is 2.19. The maximum atomic E-state index is 12.8. The molecule has 5 heteroatoms. The van der Waals surface area contributed by atoms with Crippen LogP contribution in [0.1, 0.15) is 29.5 Å². The van der Waals surface area contributed by atoms with Crippen molar-refractivity contribution < 1.29 is 8.42 Å². The van der Waals surface area contributed by atoms with Crippen LogP contribution < -0.4 is 11.1 Å². The zero-order valence-electron chi connectivity index (χ0n) is 16.7. The molecule has 152 valence electrons. The standard InChI is InChI=1S/C24H28N2O2S/c1-19(22-7-3-2-4-8-22)17-29(27,28)24-14-12-20(13-15-24)10-11-21-6-5-9-23(16-21)26-18-25/h2-9,12-16,19,26H,10-11,17-18,25H2,1H3. The summed E-state index contributed by atoms with van der Waals surface area (Å²) in [4.78, 5) is 0.387. The third-order valence-corrected chi connectivity index (χ3v) is 6.99. The van der Waals surface area contributed by atoms with Gasteiger partial charge in [-0.25, -0.2) is 8.42 Å². The second-order valence-corrected chi connectivity index (χ2v) is 9.35. The third-order valence-electron chi connectivity index (χ3n) is 5.06. The Bertz CT molecular complexity index is 1020. The summed E-state index contributed by atoms with van der Waals surface area (Å²) in [6.07, 6.45) is 1.74. The Kier molecular flexibility index (Phi) is 7.07. The Morgan fingerprint density at radius 2 is 1.55 bits per heavy atom. The van der Waals surface area contributed by atoms with Crippen LogP contribution in [0, 0.1) is 0 Å². The van der Waals surface area contributed by atoms with Gasteiger partial charge in [0, 0.05) is 5.69 Å². The van der Waals surface area contributed by atoms with Gasteiger partial charge in [-0.15, -0.1) is 0 Å². The number of nitrogens with one attached hydrogen (secondary N) is 1. The van der Waals surface area contributed by atoms with E-state index in [0.29, 0.717) is 11.6 Å². The van der Waals surface area contributed by atoms with E-state index in [9.17, 15) is 8.42 Å². The van der Waals surface area contributed by atoms with Crippen LogP contribution in [0.2, 0.25) is 0 Å². The lowest BCUT2D eigenvalue weighted by Crippen LogP contribution is -2.13. The molecule has 0 saturated carbocycles. The van der Waals surface area contributed by atoms with E-state index >= 15 is 0 Å². The second kappa shape index (κ2) is 9.72. The fraction of sp³-hybridized carbons (Fsp3) is 0.250. The molecule has 3 aromatic carbocycles. The number of hydrogen-bond acceptors (Lipinski definition) is 4. The molecule has 4 nitrogen and oxygen atoms in total. The van der Waals surface area contributed by atoms with Crippen LogP contribution in [0.5, 0.6) is 0 Å². The SMILES string of the molecule is CC(CS(=O)(=O)c1ccc(CCc2cccc(NCN)c2)cc1)c1ccccc1. The lowest BCUT2D eigenvalue weighted by atomic mass is 10.0. The van der Waals surface area contributed by atoms with Gasteiger partial charge in [-0.05, 0) is 59.7 Å². The summed E-state index contributed by atoms with van der Waals surface area (Å²) in [5.74, 6) is 0.0624. The van der Waals surface area contributed by atoms with E-state index in [4.69, 9.17) is 5.73 Å². The van der Waals surface area contributed by atoms with E-state index < -0.39 is 9.84 Å². The van der Waals surface area contributed by atoms with Gasteiger partial charge < -0.3 is 11.1 Å². The Morgan fingerprint density at radius 3 is 2.24 bits per heavy atom. The van der Waals surface area contributed by atoms with E-state index in [-0.39, 0.29) is 11.7 Å². The van der Waals surface area contributed by atoms with E-state index in [1.165, 1.54) is 5.56 Å². The summed E-state index contributed by atoms with van der Waals surface area (Å²) in [7, 11) is -3.32. The number of hydrogen-bond donors (Lipinski definition) is 2. The fourth-order valence-electron chi connectivity index (χ4n) is 3.41. The quantitative estimate of drug-likeness (QED) is 0.516. The molecule has 0 saturated heterocycles. The minimum Gasteiger partial charge on any atom is -0.373 e. The highest BCUT2D eigenvalue weighted by molar-refractivity contribution is 7.91. The van der Waals surface area contributed by atoms with Crippen molar-refractivity contribution in [1.82, 2.24) is 0 Å². The number of sulfone groups is 1. The molecule has 0 bridgehead atoms. The van der Waals surface area contributed by atoms with E-state index in [1.807, 2.05) is 61.5 Å². The number of rotatable bonds is 9. The minimum atomic E-state index is -3.32. The lowest BCUT2D eigenvalue weighted by Gasteiger charge is -2.13. The molecule has 3 N–H and O–H groups in total. The highest BCUT2D eigenvalue weighted by atomic mass is 32.2. The van der Waals surface area contributed by atoms with Gasteiger partial charge in [0.1, 0.15) is 0 Å². The average Bonchev–Trinajstić information content (AvgIpc) is 2.73. The Morgan fingerprint density at radius 1 is 0.862 bits per heavy atom. The first kappa shape index (κ1) is 21.1. The molecule has 3 rings (SSSR count). The maximum Gasteiger partial charge on any atom is 0.178 e. The first-order chi connectivity index (χ1) is 14.0. The summed E-state index contributed by atoms with van der Waals surface area (Å²) in [6, 6.07) is 25.3. The fourth-order valence-corrected chi connectivity index (χ4v) is 5.00. The van der Waals surface area contributed by atoms with Crippen LogP contribution in [0.3, 0.4) is 0 Å². The van der Waals surface area contributed by atoms with Crippen molar-refractivity contribution in [2.24, 2.45) is 5.73 Å². The van der Waals surface area contributed by atoms with Crippen molar-refractivity contribution in [3.05, 3.63) is 95.6 Å². The molecule has 0 aliphatic rings. The van der Waals surface area contributed by atoms with Gasteiger partial charge in [0.05, 0.1) is 17.3 Å². The number of aryl methyl sites for hydroxylation is 2. The Labute approximate surface area is 173 Å². The zero-order chi connectivity index (χ0) is 20.7. The molecule has 0 fully saturated rings. The molecule has 1 unspecified atom stereocenters.